The average Bonchev–Trinajstić information content (AvgIpc) is 3.14. The van der Waals surface area contributed by atoms with E-state index in [0.717, 1.165) is 25.8 Å². The number of hydroxylamine groups is 3. The highest BCUT2D eigenvalue weighted by Gasteiger charge is 2.49. The SMILES string of the molecule is O=C(NOCC[C@@H]1CCCN1)[C@@H]1CC[C@@H]2CN1C(=O)N2OS(=O)(=O)O. The Labute approximate surface area is 145 Å². The van der Waals surface area contributed by atoms with Crippen molar-refractivity contribution >= 4 is 22.3 Å². The second-order valence-corrected chi connectivity index (χ2v) is 7.41. The van der Waals surface area contributed by atoms with Gasteiger partial charge in [0.05, 0.1) is 12.6 Å². The Hall–Kier alpha value is -1.47. The zero-order valence-corrected chi connectivity index (χ0v) is 14.4. The van der Waals surface area contributed by atoms with Crippen molar-refractivity contribution in [2.75, 3.05) is 19.7 Å². The van der Waals surface area contributed by atoms with E-state index < -0.39 is 34.4 Å². The van der Waals surface area contributed by atoms with Gasteiger partial charge in [0, 0.05) is 12.6 Å². The Balaban J connectivity index is 1.48. The van der Waals surface area contributed by atoms with Crippen LogP contribution in [0.4, 0.5) is 4.79 Å². The fourth-order valence-corrected chi connectivity index (χ4v) is 3.89. The predicted molar refractivity (Wildman–Crippen MR) is 83.1 cm³/mol. The first-order chi connectivity index (χ1) is 11.8. The quantitative estimate of drug-likeness (QED) is 0.297. The second-order valence-electron chi connectivity index (χ2n) is 6.41. The van der Waals surface area contributed by atoms with Gasteiger partial charge < -0.3 is 10.2 Å². The number of rotatable bonds is 7. The van der Waals surface area contributed by atoms with Gasteiger partial charge in [-0.1, -0.05) is 0 Å². The van der Waals surface area contributed by atoms with Crippen LogP contribution in [0.5, 0.6) is 0 Å². The van der Waals surface area contributed by atoms with Crippen LogP contribution in [0.2, 0.25) is 0 Å². The minimum atomic E-state index is -4.80. The minimum Gasteiger partial charge on any atom is -0.314 e. The Bertz CT molecular complexity index is 622. The van der Waals surface area contributed by atoms with Gasteiger partial charge >= 0.3 is 16.4 Å². The van der Waals surface area contributed by atoms with Gasteiger partial charge in [0.15, 0.2) is 0 Å². The Morgan fingerprint density at radius 1 is 1.36 bits per heavy atom. The highest BCUT2D eigenvalue weighted by atomic mass is 32.3. The maximum atomic E-state index is 12.2. The zero-order valence-electron chi connectivity index (χ0n) is 13.6. The van der Waals surface area contributed by atoms with Gasteiger partial charge in [-0.3, -0.25) is 14.2 Å². The van der Waals surface area contributed by atoms with E-state index >= 15 is 0 Å². The molecule has 0 aromatic carbocycles. The number of nitrogens with zero attached hydrogens (tertiary/aromatic N) is 2. The first kappa shape index (κ1) is 18.3. The lowest BCUT2D eigenvalue weighted by atomic mass is 10.0. The van der Waals surface area contributed by atoms with Gasteiger partial charge in [-0.05, 0) is 38.6 Å². The first-order valence-electron chi connectivity index (χ1n) is 8.27. The lowest BCUT2D eigenvalue weighted by Gasteiger charge is -2.28. The van der Waals surface area contributed by atoms with E-state index in [1.165, 1.54) is 4.90 Å². The normalized spacial score (nSPS) is 29.3. The van der Waals surface area contributed by atoms with Crippen LogP contribution >= 0.6 is 0 Å². The van der Waals surface area contributed by atoms with Gasteiger partial charge in [-0.2, -0.15) is 13.5 Å². The molecule has 3 atom stereocenters. The molecule has 142 valence electrons. The van der Waals surface area contributed by atoms with Crippen molar-refractivity contribution in [1.29, 1.82) is 0 Å². The molecule has 3 heterocycles. The summed E-state index contributed by atoms with van der Waals surface area (Å²) in [4.78, 5) is 30.9. The fraction of sp³-hybridized carbons (Fsp3) is 0.846. The lowest BCUT2D eigenvalue weighted by Crippen LogP contribution is -2.49. The van der Waals surface area contributed by atoms with Crippen molar-refractivity contribution in [3.05, 3.63) is 0 Å². The van der Waals surface area contributed by atoms with Crippen molar-refractivity contribution in [1.82, 2.24) is 20.8 Å². The standard InChI is InChI=1S/C13H22N4O7S/c18-12(15-23-7-5-9-2-1-6-14-9)11-4-3-10-8-16(11)13(19)17(10)24-25(20,21)22/h9-11,14H,1-8H2,(H,15,18)(H,20,21,22)/t9-,10+,11-/m0/s1. The number of piperidine rings is 1. The molecule has 0 aliphatic carbocycles. The Kier molecular flexibility index (Phi) is 5.43. The molecule has 0 aromatic rings. The summed E-state index contributed by atoms with van der Waals surface area (Å²) < 4.78 is 34.7. The smallest absolute Gasteiger partial charge is 0.314 e. The predicted octanol–water partition coefficient (Wildman–Crippen LogP) is -0.821. The molecule has 2 bridgehead atoms. The van der Waals surface area contributed by atoms with Crippen LogP contribution in [0.1, 0.15) is 32.1 Å². The van der Waals surface area contributed by atoms with Crippen molar-refractivity contribution in [3.8, 4) is 0 Å². The maximum Gasteiger partial charge on any atom is 0.418 e. The van der Waals surface area contributed by atoms with Crippen LogP contribution in [0.3, 0.4) is 0 Å². The number of hydrogen-bond acceptors (Lipinski definition) is 7. The van der Waals surface area contributed by atoms with Crippen molar-refractivity contribution in [3.63, 3.8) is 0 Å². The van der Waals surface area contributed by atoms with E-state index in [1.807, 2.05) is 0 Å². The molecule has 3 aliphatic heterocycles. The summed E-state index contributed by atoms with van der Waals surface area (Å²) in [5.74, 6) is -0.458. The number of hydrogen-bond donors (Lipinski definition) is 3. The van der Waals surface area contributed by atoms with Crippen LogP contribution in [0.25, 0.3) is 0 Å². The number of urea groups is 1. The highest BCUT2D eigenvalue weighted by molar-refractivity contribution is 7.80. The molecule has 3 saturated heterocycles. The van der Waals surface area contributed by atoms with Gasteiger partial charge in [0.1, 0.15) is 6.04 Å². The molecular formula is C13H22N4O7S. The van der Waals surface area contributed by atoms with Gasteiger partial charge in [-0.15, -0.1) is 4.28 Å². The Morgan fingerprint density at radius 2 is 2.16 bits per heavy atom. The molecular weight excluding hydrogens is 356 g/mol. The summed E-state index contributed by atoms with van der Waals surface area (Å²) in [6, 6.07) is -1.65. The van der Waals surface area contributed by atoms with E-state index in [0.29, 0.717) is 30.6 Å². The summed E-state index contributed by atoms with van der Waals surface area (Å²) in [5, 5.41) is 3.93. The molecule has 3 N–H and O–H groups in total. The van der Waals surface area contributed by atoms with Crippen LogP contribution in [-0.2, 0) is 24.3 Å². The third-order valence-corrected chi connectivity index (χ3v) is 5.05. The number of carbonyl (C=O) groups is 2. The molecule has 3 rings (SSSR count). The Morgan fingerprint density at radius 3 is 2.84 bits per heavy atom. The zero-order chi connectivity index (χ0) is 18.0. The third-order valence-electron chi connectivity index (χ3n) is 4.70. The summed E-state index contributed by atoms with van der Waals surface area (Å²) in [5.41, 5.74) is 2.36. The largest absolute Gasteiger partial charge is 0.418 e. The summed E-state index contributed by atoms with van der Waals surface area (Å²) >= 11 is 0. The second kappa shape index (κ2) is 7.41. The molecule has 25 heavy (non-hydrogen) atoms. The molecule has 3 aliphatic rings. The first-order valence-corrected chi connectivity index (χ1v) is 9.63. The van der Waals surface area contributed by atoms with Crippen molar-refractivity contribution < 1.29 is 31.7 Å². The van der Waals surface area contributed by atoms with E-state index in [4.69, 9.17) is 9.39 Å². The van der Waals surface area contributed by atoms with Gasteiger partial charge in [0.25, 0.3) is 5.91 Å². The molecule has 12 heteroatoms. The number of carbonyl (C=O) groups excluding carboxylic acids is 2. The average molecular weight is 378 g/mol. The maximum absolute atomic E-state index is 12.2. The van der Waals surface area contributed by atoms with E-state index in [9.17, 15) is 18.0 Å². The van der Waals surface area contributed by atoms with Gasteiger partial charge in [-0.25, -0.2) is 10.3 Å². The fourth-order valence-electron chi connectivity index (χ4n) is 3.50. The minimum absolute atomic E-state index is 0.151. The third kappa shape index (κ3) is 4.39. The van der Waals surface area contributed by atoms with Crippen LogP contribution in [0, 0.1) is 0 Å². The molecule has 0 spiro atoms. The summed E-state index contributed by atoms with van der Waals surface area (Å²) in [6.45, 7) is 1.52. The number of fused-ring (bicyclic) bond motifs is 2. The molecule has 0 aromatic heterocycles. The van der Waals surface area contributed by atoms with E-state index in [-0.39, 0.29) is 6.54 Å². The molecule has 0 saturated carbocycles. The monoisotopic (exact) mass is 378 g/mol. The molecule has 3 fully saturated rings. The van der Waals surface area contributed by atoms with Crippen LogP contribution in [-0.4, -0.2) is 72.7 Å². The van der Waals surface area contributed by atoms with Crippen LogP contribution < -0.4 is 10.8 Å². The summed E-state index contributed by atoms with van der Waals surface area (Å²) in [7, 11) is -4.80. The number of nitrogens with one attached hydrogen (secondary N) is 2. The molecule has 0 radical (unpaired) electrons. The van der Waals surface area contributed by atoms with E-state index in [2.05, 4.69) is 15.1 Å². The lowest BCUT2D eigenvalue weighted by molar-refractivity contribution is -0.139. The van der Waals surface area contributed by atoms with Crippen molar-refractivity contribution in [2.24, 2.45) is 0 Å². The molecule has 11 nitrogen and oxygen atoms in total. The highest BCUT2D eigenvalue weighted by Crippen LogP contribution is 2.30. The number of amides is 3. The van der Waals surface area contributed by atoms with Crippen LogP contribution in [0.15, 0.2) is 0 Å². The topological polar surface area (TPSA) is 138 Å². The molecule has 3 amide bonds. The van der Waals surface area contributed by atoms with E-state index in [1.54, 1.807) is 0 Å². The van der Waals surface area contributed by atoms with Crippen molar-refractivity contribution in [2.45, 2.75) is 50.2 Å². The molecule has 0 unspecified atom stereocenters. The van der Waals surface area contributed by atoms with Gasteiger partial charge in [0.2, 0.25) is 0 Å². The summed E-state index contributed by atoms with van der Waals surface area (Å²) in [6.07, 6.45) is 3.74.